The molecular weight excluding hydrogens is 214 g/mol. The first-order valence-corrected chi connectivity index (χ1v) is 6.64. The number of aryl methyl sites for hydroxylation is 1. The molecule has 5 nitrogen and oxygen atoms in total. The smallest absolute Gasteiger partial charge is 0.221 e. The summed E-state index contributed by atoms with van der Waals surface area (Å²) >= 11 is 0. The Morgan fingerprint density at radius 1 is 1.40 bits per heavy atom. The van der Waals surface area contributed by atoms with E-state index in [4.69, 9.17) is 0 Å². The summed E-state index contributed by atoms with van der Waals surface area (Å²) in [5.74, 6) is 0.609. The summed E-state index contributed by atoms with van der Waals surface area (Å²) in [6.45, 7) is 1.32. The zero-order valence-electron chi connectivity index (χ0n) is 8.76. The first-order valence-electron chi connectivity index (χ1n) is 5.03. The highest BCUT2D eigenvalue weighted by Crippen LogP contribution is 2.15. The Morgan fingerprint density at radius 2 is 2.07 bits per heavy atom. The molecule has 0 aromatic carbocycles. The molecule has 1 saturated heterocycles. The summed E-state index contributed by atoms with van der Waals surface area (Å²) in [7, 11) is -1.35. The molecule has 0 N–H and O–H groups in total. The fourth-order valence-electron chi connectivity index (χ4n) is 1.76. The third-order valence-corrected chi connectivity index (χ3v) is 4.47. The molecule has 15 heavy (non-hydrogen) atoms. The molecule has 2 rings (SSSR count). The summed E-state index contributed by atoms with van der Waals surface area (Å²) in [5.41, 5.74) is 0. The molecule has 1 aliphatic rings. The molecule has 6 heteroatoms. The molecule has 0 bridgehead atoms. The van der Waals surface area contributed by atoms with Crippen molar-refractivity contribution in [2.24, 2.45) is 7.05 Å². The largest absolute Gasteiger partial charge is 0.337 e. The average molecular weight is 229 g/mol. The predicted molar refractivity (Wildman–Crippen MR) is 56.6 cm³/mol. The minimum atomic E-state index is -3.16. The lowest BCUT2D eigenvalue weighted by Gasteiger charge is -2.14. The van der Waals surface area contributed by atoms with Gasteiger partial charge in [0.2, 0.25) is 10.0 Å². The van der Waals surface area contributed by atoms with Crippen LogP contribution in [0.1, 0.15) is 18.7 Å². The van der Waals surface area contributed by atoms with Crippen molar-refractivity contribution in [3.05, 3.63) is 18.2 Å². The Hall–Kier alpha value is -0.880. The van der Waals surface area contributed by atoms with Crippen LogP contribution in [0.5, 0.6) is 0 Å². The minimum Gasteiger partial charge on any atom is -0.337 e. The van der Waals surface area contributed by atoms with E-state index in [1.165, 1.54) is 0 Å². The molecule has 1 aromatic heterocycles. The van der Waals surface area contributed by atoms with E-state index in [1.54, 1.807) is 21.3 Å². The van der Waals surface area contributed by atoms with E-state index < -0.39 is 10.0 Å². The third kappa shape index (κ3) is 2.21. The van der Waals surface area contributed by atoms with Crippen LogP contribution in [0.4, 0.5) is 0 Å². The molecule has 0 saturated carbocycles. The molecule has 0 atom stereocenters. The van der Waals surface area contributed by atoms with Crippen LogP contribution >= 0.6 is 0 Å². The Bertz CT molecular complexity index is 432. The number of sulfonamides is 1. The topological polar surface area (TPSA) is 55.2 Å². The molecule has 0 radical (unpaired) electrons. The van der Waals surface area contributed by atoms with Gasteiger partial charge in [0.05, 0.1) is 0 Å². The van der Waals surface area contributed by atoms with Gasteiger partial charge in [-0.05, 0) is 12.8 Å². The quantitative estimate of drug-likeness (QED) is 0.751. The van der Waals surface area contributed by atoms with Gasteiger partial charge >= 0.3 is 0 Å². The van der Waals surface area contributed by atoms with Gasteiger partial charge in [-0.15, -0.1) is 0 Å². The van der Waals surface area contributed by atoms with E-state index >= 15 is 0 Å². The van der Waals surface area contributed by atoms with E-state index in [0.29, 0.717) is 18.9 Å². The van der Waals surface area contributed by atoms with Crippen LogP contribution in [0.2, 0.25) is 0 Å². The van der Waals surface area contributed by atoms with Gasteiger partial charge in [-0.3, -0.25) is 0 Å². The fraction of sp³-hybridized carbons (Fsp3) is 0.667. The van der Waals surface area contributed by atoms with E-state index in [0.717, 1.165) is 12.8 Å². The van der Waals surface area contributed by atoms with Gasteiger partial charge in [0.15, 0.2) is 0 Å². The van der Waals surface area contributed by atoms with Crippen molar-refractivity contribution < 1.29 is 8.42 Å². The maximum atomic E-state index is 11.9. The molecule has 1 fully saturated rings. The van der Waals surface area contributed by atoms with Crippen molar-refractivity contribution in [2.75, 3.05) is 13.1 Å². The number of nitrogens with zero attached hydrogens (tertiary/aromatic N) is 3. The second-order valence-electron chi connectivity index (χ2n) is 3.82. The van der Waals surface area contributed by atoms with Crippen LogP contribution < -0.4 is 0 Å². The number of hydrogen-bond donors (Lipinski definition) is 0. The summed E-state index contributed by atoms with van der Waals surface area (Å²) in [5, 5.41) is 0. The lowest BCUT2D eigenvalue weighted by Crippen LogP contribution is -2.29. The monoisotopic (exact) mass is 229 g/mol. The van der Waals surface area contributed by atoms with Gasteiger partial charge in [-0.2, -0.15) is 0 Å². The summed E-state index contributed by atoms with van der Waals surface area (Å²) in [6, 6.07) is 0. The van der Waals surface area contributed by atoms with Crippen LogP contribution in [-0.4, -0.2) is 35.4 Å². The van der Waals surface area contributed by atoms with Gasteiger partial charge in [0, 0.05) is 32.5 Å². The van der Waals surface area contributed by atoms with Crippen molar-refractivity contribution in [3.8, 4) is 0 Å². The van der Waals surface area contributed by atoms with Crippen molar-refractivity contribution in [1.82, 2.24) is 13.9 Å². The Kier molecular flexibility index (Phi) is 2.79. The molecule has 1 aromatic rings. The Balaban J connectivity index is 2.14. The van der Waals surface area contributed by atoms with Gasteiger partial charge in [0.25, 0.3) is 0 Å². The number of imidazole rings is 1. The highest BCUT2D eigenvalue weighted by atomic mass is 32.2. The van der Waals surface area contributed by atoms with Crippen LogP contribution in [0.25, 0.3) is 0 Å². The molecular formula is C9H15N3O2S. The summed E-state index contributed by atoms with van der Waals surface area (Å²) in [4.78, 5) is 4.03. The first-order chi connectivity index (χ1) is 7.09. The van der Waals surface area contributed by atoms with E-state index in [1.807, 2.05) is 7.05 Å². The van der Waals surface area contributed by atoms with Crippen LogP contribution in [0.3, 0.4) is 0 Å². The van der Waals surface area contributed by atoms with Gasteiger partial charge in [-0.25, -0.2) is 17.7 Å². The van der Waals surface area contributed by atoms with Crippen LogP contribution in [0.15, 0.2) is 12.4 Å². The molecule has 1 aliphatic heterocycles. The normalized spacial score (nSPS) is 18.5. The third-order valence-electron chi connectivity index (χ3n) is 2.69. The highest BCUT2D eigenvalue weighted by Gasteiger charge is 2.26. The number of hydrogen-bond acceptors (Lipinski definition) is 3. The Labute approximate surface area is 89.8 Å². The fourth-order valence-corrected chi connectivity index (χ4v) is 3.36. The molecule has 0 spiro atoms. The zero-order valence-corrected chi connectivity index (χ0v) is 9.57. The molecule has 0 aliphatic carbocycles. The predicted octanol–water partition coefficient (Wildman–Crippen LogP) is 0.346. The summed E-state index contributed by atoms with van der Waals surface area (Å²) < 4.78 is 27.2. The van der Waals surface area contributed by atoms with Gasteiger partial charge < -0.3 is 4.57 Å². The van der Waals surface area contributed by atoms with E-state index in [2.05, 4.69) is 4.98 Å². The highest BCUT2D eigenvalue weighted by molar-refractivity contribution is 7.88. The lowest BCUT2D eigenvalue weighted by atomic mass is 10.4. The van der Waals surface area contributed by atoms with Crippen molar-refractivity contribution in [3.63, 3.8) is 0 Å². The molecule has 84 valence electrons. The average Bonchev–Trinajstić information content (AvgIpc) is 2.77. The standard InChI is InChI=1S/C9H15N3O2S/c1-11-7-4-10-9(11)8-15(13,14)12-5-2-3-6-12/h4,7H,2-3,5-6,8H2,1H3. The molecule has 0 unspecified atom stereocenters. The van der Waals surface area contributed by atoms with E-state index in [9.17, 15) is 8.42 Å². The maximum Gasteiger partial charge on any atom is 0.221 e. The van der Waals surface area contributed by atoms with E-state index in [-0.39, 0.29) is 5.75 Å². The van der Waals surface area contributed by atoms with Crippen molar-refractivity contribution >= 4 is 10.0 Å². The first kappa shape index (κ1) is 10.6. The second-order valence-corrected chi connectivity index (χ2v) is 5.79. The van der Waals surface area contributed by atoms with Crippen LogP contribution in [-0.2, 0) is 22.8 Å². The SMILES string of the molecule is Cn1ccnc1CS(=O)(=O)N1CCCC1. The second kappa shape index (κ2) is 3.94. The number of rotatable bonds is 3. The lowest BCUT2D eigenvalue weighted by molar-refractivity contribution is 0.475. The van der Waals surface area contributed by atoms with Gasteiger partial charge in [0.1, 0.15) is 11.6 Å². The summed E-state index contributed by atoms with van der Waals surface area (Å²) in [6.07, 6.45) is 5.32. The minimum absolute atomic E-state index is 0.0104. The van der Waals surface area contributed by atoms with Crippen LogP contribution in [0, 0.1) is 0 Å². The van der Waals surface area contributed by atoms with Crippen molar-refractivity contribution in [1.29, 1.82) is 0 Å². The number of aromatic nitrogens is 2. The molecule has 0 amide bonds. The maximum absolute atomic E-state index is 11.9. The van der Waals surface area contributed by atoms with Crippen molar-refractivity contribution in [2.45, 2.75) is 18.6 Å². The molecule has 2 heterocycles. The Morgan fingerprint density at radius 3 is 2.60 bits per heavy atom. The zero-order chi connectivity index (χ0) is 10.9. The van der Waals surface area contributed by atoms with Gasteiger partial charge in [-0.1, -0.05) is 0 Å².